The van der Waals surface area contributed by atoms with Gasteiger partial charge in [0.1, 0.15) is 12.3 Å². The van der Waals surface area contributed by atoms with Crippen molar-refractivity contribution in [1.82, 2.24) is 0 Å². The van der Waals surface area contributed by atoms with Gasteiger partial charge in [-0.05, 0) is 55.8 Å². The highest BCUT2D eigenvalue weighted by atomic mass is 32.2. The fraction of sp³-hybridized carbons (Fsp3) is 0.226. The Morgan fingerprint density at radius 1 is 0.854 bits per heavy atom. The lowest BCUT2D eigenvalue weighted by molar-refractivity contribution is -0.137. The number of aliphatic carboxylic acids is 2. The molecule has 0 spiro atoms. The summed E-state index contributed by atoms with van der Waals surface area (Å²) in [4.78, 5) is 25.5. The van der Waals surface area contributed by atoms with Gasteiger partial charge in [-0.15, -0.1) is 0 Å². The molecule has 0 aliphatic rings. The number of ether oxygens (including phenoxy) is 1. The number of benzene rings is 4. The van der Waals surface area contributed by atoms with E-state index in [1.165, 1.54) is 31.4 Å². The lowest BCUT2D eigenvalue weighted by Crippen LogP contribution is -2.36. The third kappa shape index (κ3) is 6.60. The van der Waals surface area contributed by atoms with Crippen LogP contribution >= 0.6 is 0 Å². The van der Waals surface area contributed by atoms with Crippen molar-refractivity contribution in [2.24, 2.45) is 0 Å². The number of hydrogen-bond donors (Lipinski definition) is 2. The molecule has 0 radical (unpaired) electrons. The van der Waals surface area contributed by atoms with Gasteiger partial charge < -0.3 is 19.8 Å². The number of aryl methyl sites for hydroxylation is 1. The van der Waals surface area contributed by atoms with Gasteiger partial charge in [-0.1, -0.05) is 54.1 Å². The van der Waals surface area contributed by atoms with Crippen LogP contribution in [0.15, 0.2) is 89.8 Å². The maximum atomic E-state index is 13.8. The van der Waals surface area contributed by atoms with Crippen LogP contribution in [-0.4, -0.2) is 50.3 Å². The molecule has 2 N–H and O–H groups in total. The molecule has 0 aliphatic carbocycles. The van der Waals surface area contributed by atoms with Crippen molar-refractivity contribution >= 4 is 44.1 Å². The molecule has 0 fully saturated rings. The predicted octanol–water partition coefficient (Wildman–Crippen LogP) is 5.31. The topological polar surface area (TPSA) is 124 Å². The second kappa shape index (κ2) is 12.3. The number of fused-ring (bicyclic) bond motifs is 1. The zero-order chi connectivity index (χ0) is 29.7. The molecule has 0 aliphatic heterocycles. The van der Waals surface area contributed by atoms with Crippen molar-refractivity contribution in [3.05, 3.63) is 96.1 Å². The second-order valence-electron chi connectivity index (χ2n) is 9.79. The molecule has 4 aromatic carbocycles. The van der Waals surface area contributed by atoms with E-state index in [-0.39, 0.29) is 17.0 Å². The van der Waals surface area contributed by atoms with Crippen LogP contribution in [0.5, 0.6) is 5.75 Å². The van der Waals surface area contributed by atoms with E-state index in [9.17, 15) is 28.2 Å². The lowest BCUT2D eigenvalue weighted by atomic mass is 10.0. The minimum atomic E-state index is -4.28. The largest absolute Gasteiger partial charge is 0.497 e. The Kier molecular flexibility index (Phi) is 8.83. The van der Waals surface area contributed by atoms with Crippen LogP contribution in [0.1, 0.15) is 24.5 Å². The first kappa shape index (κ1) is 29.4. The molecule has 0 heterocycles. The first-order valence-electron chi connectivity index (χ1n) is 13.0. The first-order chi connectivity index (χ1) is 19.5. The van der Waals surface area contributed by atoms with Gasteiger partial charge in [0.05, 0.1) is 24.1 Å². The summed E-state index contributed by atoms with van der Waals surface area (Å²) in [7, 11) is -2.81. The Labute approximate surface area is 239 Å². The number of rotatable bonds is 12. The molecule has 0 aromatic heterocycles. The third-order valence-electron chi connectivity index (χ3n) is 6.82. The summed E-state index contributed by atoms with van der Waals surface area (Å²) in [5.74, 6) is -1.79. The van der Waals surface area contributed by atoms with E-state index in [1.807, 2.05) is 55.1 Å². The van der Waals surface area contributed by atoms with E-state index in [0.29, 0.717) is 28.8 Å². The van der Waals surface area contributed by atoms with Gasteiger partial charge in [0.15, 0.2) is 0 Å². The Morgan fingerprint density at radius 2 is 1.49 bits per heavy atom. The second-order valence-corrected chi connectivity index (χ2v) is 11.7. The SMILES string of the molecule is COc1ccc(S(=O)(=O)N(CC(=O)O)c2ccc(N(Cc3cccc(C)c3)[C@@H](C)CC(=O)O)c3ccccc23)cc1. The van der Waals surface area contributed by atoms with Crippen molar-refractivity contribution < 1.29 is 33.0 Å². The molecule has 214 valence electrons. The highest BCUT2D eigenvalue weighted by molar-refractivity contribution is 7.92. The summed E-state index contributed by atoms with van der Waals surface area (Å²) in [6.07, 6.45) is -0.112. The maximum absolute atomic E-state index is 13.8. The molecule has 0 saturated heterocycles. The standard InChI is InChI=1S/C31H32N2O7S/c1-21-7-6-8-23(17-21)19-32(22(2)18-30(34)35)28-15-16-29(27-10-5-4-9-26(27)28)33(20-31(36)37)41(38,39)25-13-11-24(40-3)12-14-25/h4-17,22H,18-20H2,1-3H3,(H,34,35)(H,36,37)/t22-/m0/s1. The monoisotopic (exact) mass is 576 g/mol. The van der Waals surface area contributed by atoms with Gasteiger partial charge in [-0.25, -0.2) is 8.42 Å². The van der Waals surface area contributed by atoms with Crippen LogP contribution in [0.25, 0.3) is 10.8 Å². The summed E-state index contributed by atoms with van der Waals surface area (Å²) in [6, 6.07) is 23.7. The molecular weight excluding hydrogens is 544 g/mol. The zero-order valence-corrected chi connectivity index (χ0v) is 23.8. The van der Waals surface area contributed by atoms with E-state index in [1.54, 1.807) is 24.3 Å². The molecule has 4 rings (SSSR count). The van der Waals surface area contributed by atoms with Gasteiger partial charge in [0.25, 0.3) is 10.0 Å². The lowest BCUT2D eigenvalue weighted by Gasteiger charge is -2.33. The molecule has 0 amide bonds. The van der Waals surface area contributed by atoms with Crippen LogP contribution in [-0.2, 0) is 26.2 Å². The van der Waals surface area contributed by atoms with Crippen molar-refractivity contribution in [2.75, 3.05) is 22.9 Å². The molecule has 1 atom stereocenters. The Balaban J connectivity index is 1.88. The number of methoxy groups -OCH3 is 1. The third-order valence-corrected chi connectivity index (χ3v) is 8.59. The predicted molar refractivity (Wildman–Crippen MR) is 158 cm³/mol. The molecule has 10 heteroatoms. The Hall–Kier alpha value is -4.57. The van der Waals surface area contributed by atoms with E-state index in [4.69, 9.17) is 4.74 Å². The van der Waals surface area contributed by atoms with Crippen molar-refractivity contribution in [1.29, 1.82) is 0 Å². The van der Waals surface area contributed by atoms with Gasteiger partial charge in [0.2, 0.25) is 0 Å². The number of carbonyl (C=O) groups is 2. The molecule has 0 unspecified atom stereocenters. The average Bonchev–Trinajstić information content (AvgIpc) is 2.94. The van der Waals surface area contributed by atoms with E-state index < -0.39 is 34.5 Å². The van der Waals surface area contributed by atoms with Crippen LogP contribution in [0.3, 0.4) is 0 Å². The summed E-state index contributed by atoms with van der Waals surface area (Å²) < 4.78 is 33.6. The molecule has 0 saturated carbocycles. The molecular formula is C31H32N2O7S. The molecule has 0 bridgehead atoms. The summed E-state index contributed by atoms with van der Waals surface area (Å²) in [6.45, 7) is 3.44. The zero-order valence-electron chi connectivity index (χ0n) is 23.0. The Morgan fingerprint density at radius 3 is 2.07 bits per heavy atom. The van der Waals surface area contributed by atoms with E-state index in [0.717, 1.165) is 15.4 Å². The minimum Gasteiger partial charge on any atom is -0.497 e. The fourth-order valence-corrected chi connectivity index (χ4v) is 6.31. The summed E-state index contributed by atoms with van der Waals surface area (Å²) >= 11 is 0. The molecule has 41 heavy (non-hydrogen) atoms. The first-order valence-corrected chi connectivity index (χ1v) is 14.4. The number of nitrogens with zero attached hydrogens (tertiary/aromatic N) is 2. The average molecular weight is 577 g/mol. The molecule has 4 aromatic rings. The van der Waals surface area contributed by atoms with E-state index >= 15 is 0 Å². The van der Waals surface area contributed by atoms with Gasteiger partial charge >= 0.3 is 11.9 Å². The quantitative estimate of drug-likeness (QED) is 0.233. The van der Waals surface area contributed by atoms with Crippen molar-refractivity contribution in [3.8, 4) is 5.75 Å². The summed E-state index contributed by atoms with van der Waals surface area (Å²) in [5, 5.41) is 20.5. The smallest absolute Gasteiger partial charge is 0.324 e. The summed E-state index contributed by atoms with van der Waals surface area (Å²) in [5.41, 5.74) is 2.97. The van der Waals surface area contributed by atoms with Crippen LogP contribution in [0.2, 0.25) is 0 Å². The van der Waals surface area contributed by atoms with Gasteiger partial charge in [-0.3, -0.25) is 13.9 Å². The van der Waals surface area contributed by atoms with E-state index in [2.05, 4.69) is 0 Å². The van der Waals surface area contributed by atoms with Gasteiger partial charge in [-0.2, -0.15) is 0 Å². The number of carboxylic acid groups (broad SMARTS) is 2. The maximum Gasteiger partial charge on any atom is 0.324 e. The van der Waals surface area contributed by atoms with Crippen molar-refractivity contribution in [2.45, 2.75) is 37.8 Å². The Bertz CT molecular complexity index is 1670. The van der Waals surface area contributed by atoms with Crippen LogP contribution < -0.4 is 13.9 Å². The van der Waals surface area contributed by atoms with Crippen LogP contribution in [0.4, 0.5) is 11.4 Å². The van der Waals surface area contributed by atoms with Crippen molar-refractivity contribution in [3.63, 3.8) is 0 Å². The number of carboxylic acids is 2. The molecule has 9 nitrogen and oxygen atoms in total. The number of anilines is 2. The van der Waals surface area contributed by atoms with Crippen LogP contribution in [0, 0.1) is 6.92 Å². The normalized spacial score (nSPS) is 12.1. The number of sulfonamides is 1. The highest BCUT2D eigenvalue weighted by Gasteiger charge is 2.30. The number of hydrogen-bond acceptors (Lipinski definition) is 6. The highest BCUT2D eigenvalue weighted by Crippen LogP contribution is 2.38. The fourth-order valence-electron chi connectivity index (χ4n) is 4.88. The minimum absolute atomic E-state index is 0.0798. The van der Waals surface area contributed by atoms with Gasteiger partial charge in [0, 0.05) is 29.0 Å².